The average molecular weight is 435 g/mol. The number of rotatable bonds is 7. The summed E-state index contributed by atoms with van der Waals surface area (Å²) in [4.78, 5) is 8.93. The minimum atomic E-state index is -0.771. The van der Waals surface area contributed by atoms with Gasteiger partial charge in [0.25, 0.3) is 0 Å². The fraction of sp³-hybridized carbons (Fsp3) is 0.308. The van der Waals surface area contributed by atoms with Crippen LogP contribution in [0.2, 0.25) is 0 Å². The van der Waals surface area contributed by atoms with Gasteiger partial charge in [-0.05, 0) is 25.4 Å². The second kappa shape index (κ2) is 9.62. The van der Waals surface area contributed by atoms with Crippen LogP contribution in [0.25, 0.3) is 0 Å². The van der Waals surface area contributed by atoms with Gasteiger partial charge in [0.15, 0.2) is 0 Å². The lowest BCUT2D eigenvalue weighted by Gasteiger charge is -2.33. The Balaban J connectivity index is 2.40. The minimum Gasteiger partial charge on any atom is -0.376 e. The van der Waals surface area contributed by atoms with Crippen molar-refractivity contribution < 1.29 is 0 Å². The Hall–Kier alpha value is -2.71. The van der Waals surface area contributed by atoms with Gasteiger partial charge in [0.2, 0.25) is 0 Å². The van der Waals surface area contributed by atoms with E-state index in [1.807, 2.05) is 0 Å². The predicted molar refractivity (Wildman–Crippen MR) is 142 cm³/mol. The first-order chi connectivity index (χ1) is 14.7. The summed E-state index contributed by atoms with van der Waals surface area (Å²) in [7, 11) is 16.3. The van der Waals surface area contributed by atoms with Crippen LogP contribution in [0.15, 0.2) is 66.7 Å². The maximum absolute atomic E-state index is 2.31. The summed E-state index contributed by atoms with van der Waals surface area (Å²) >= 11 is 0. The number of hydrogen-bond donors (Lipinski definition) is 0. The maximum atomic E-state index is 2.31. The predicted octanol–water partition coefficient (Wildman–Crippen LogP) is 3.71. The van der Waals surface area contributed by atoms with Crippen molar-refractivity contribution in [1.29, 1.82) is 0 Å². The molecule has 0 saturated carbocycles. The van der Waals surface area contributed by atoms with E-state index in [0.29, 0.717) is 0 Å². The molecule has 4 nitrogen and oxygen atoms in total. The summed E-state index contributed by atoms with van der Waals surface area (Å²) in [5.74, 6) is 0. The van der Waals surface area contributed by atoms with Crippen molar-refractivity contribution in [3.05, 3.63) is 66.7 Å². The topological polar surface area (TPSA) is 13.0 Å². The molecule has 0 N–H and O–H groups in total. The highest BCUT2D eigenvalue weighted by molar-refractivity contribution is 7.80. The molecule has 0 amide bonds. The largest absolute Gasteiger partial charge is 0.376 e. The smallest absolute Gasteiger partial charge is 0.0683 e. The highest BCUT2D eigenvalue weighted by atomic mass is 31.1. The third-order valence-corrected chi connectivity index (χ3v) is 7.84. The van der Waals surface area contributed by atoms with Gasteiger partial charge in [0, 0.05) is 67.0 Å². The zero-order valence-electron chi connectivity index (χ0n) is 20.1. The molecule has 31 heavy (non-hydrogen) atoms. The van der Waals surface area contributed by atoms with Crippen molar-refractivity contribution in [3.63, 3.8) is 0 Å². The monoisotopic (exact) mass is 434 g/mol. The second-order valence-corrected chi connectivity index (χ2v) is 10.7. The van der Waals surface area contributed by atoms with Gasteiger partial charge in [-0.3, -0.25) is 0 Å². The van der Waals surface area contributed by atoms with E-state index in [4.69, 9.17) is 0 Å². The second-order valence-electron chi connectivity index (χ2n) is 8.54. The summed E-state index contributed by atoms with van der Waals surface area (Å²) < 4.78 is 0. The molecule has 164 valence electrons. The molecule has 0 unspecified atom stereocenters. The van der Waals surface area contributed by atoms with Gasteiger partial charge in [0.1, 0.15) is 0 Å². The zero-order chi connectivity index (χ0) is 22.7. The zero-order valence-corrected chi connectivity index (χ0v) is 21.0. The van der Waals surface area contributed by atoms with Gasteiger partial charge in [0.05, 0.1) is 22.7 Å². The number of hydrogen-bond acceptors (Lipinski definition) is 4. The van der Waals surface area contributed by atoms with E-state index in [9.17, 15) is 0 Å². The Morgan fingerprint density at radius 3 is 1.23 bits per heavy atom. The molecule has 0 saturated heterocycles. The first-order valence-corrected chi connectivity index (χ1v) is 11.9. The SMILES string of the molecule is CN(C)c1cccc(P(c2ccccc2)c2cccc(N(C)C)c2N(C)C)c1N(C)C. The normalized spacial score (nSPS) is 10.9. The summed E-state index contributed by atoms with van der Waals surface area (Å²) in [6.07, 6.45) is 0. The summed E-state index contributed by atoms with van der Waals surface area (Å²) in [6, 6.07) is 24.4. The molecule has 3 aromatic rings. The van der Waals surface area contributed by atoms with Crippen LogP contribution in [0.5, 0.6) is 0 Å². The third-order valence-electron chi connectivity index (χ3n) is 5.34. The van der Waals surface area contributed by atoms with Crippen LogP contribution in [0.4, 0.5) is 22.7 Å². The van der Waals surface area contributed by atoms with Crippen LogP contribution in [-0.4, -0.2) is 56.4 Å². The Morgan fingerprint density at radius 2 is 0.871 bits per heavy atom. The Labute approximate surface area is 189 Å². The third kappa shape index (κ3) is 4.65. The van der Waals surface area contributed by atoms with Crippen LogP contribution in [0.3, 0.4) is 0 Å². The van der Waals surface area contributed by atoms with Crippen molar-refractivity contribution in [3.8, 4) is 0 Å². The lowest BCUT2D eigenvalue weighted by atomic mass is 10.2. The van der Waals surface area contributed by atoms with Crippen LogP contribution in [-0.2, 0) is 0 Å². The van der Waals surface area contributed by atoms with E-state index in [0.717, 1.165) is 0 Å². The van der Waals surface area contributed by atoms with Crippen molar-refractivity contribution >= 4 is 46.6 Å². The summed E-state index contributed by atoms with van der Waals surface area (Å²) in [6.45, 7) is 0. The molecule has 0 heterocycles. The first kappa shape index (κ1) is 23.0. The number of para-hydroxylation sites is 2. The van der Waals surface area contributed by atoms with Gasteiger partial charge in [-0.15, -0.1) is 0 Å². The molecule has 3 rings (SSSR count). The van der Waals surface area contributed by atoms with Crippen LogP contribution < -0.4 is 35.5 Å². The standard InChI is InChI=1S/C26H35N4P/c1-27(2)21-16-12-18-23(25(21)29(5)6)31(20-14-10-9-11-15-20)24-19-13-17-22(28(3)4)26(24)30(7)8/h9-19H,1-8H3. The molecule has 0 bridgehead atoms. The van der Waals surface area contributed by atoms with Crippen LogP contribution in [0.1, 0.15) is 0 Å². The van der Waals surface area contributed by atoms with Gasteiger partial charge in [-0.25, -0.2) is 0 Å². The molecule has 0 aliphatic rings. The van der Waals surface area contributed by atoms with Crippen LogP contribution in [0, 0.1) is 0 Å². The minimum absolute atomic E-state index is 0.771. The van der Waals surface area contributed by atoms with E-state index in [2.05, 4.69) is 143 Å². The fourth-order valence-electron chi connectivity index (χ4n) is 4.02. The van der Waals surface area contributed by atoms with E-state index in [1.165, 1.54) is 38.7 Å². The molecule has 0 radical (unpaired) electrons. The van der Waals surface area contributed by atoms with E-state index in [1.54, 1.807) is 0 Å². The first-order valence-electron chi connectivity index (χ1n) is 10.5. The van der Waals surface area contributed by atoms with Gasteiger partial charge < -0.3 is 19.6 Å². The van der Waals surface area contributed by atoms with Gasteiger partial charge >= 0.3 is 0 Å². The van der Waals surface area contributed by atoms with Crippen LogP contribution >= 0.6 is 7.92 Å². The molecular weight excluding hydrogens is 399 g/mol. The number of benzene rings is 3. The van der Waals surface area contributed by atoms with Gasteiger partial charge in [-0.2, -0.15) is 0 Å². The van der Waals surface area contributed by atoms with Gasteiger partial charge in [-0.1, -0.05) is 54.6 Å². The molecule has 3 aromatic carbocycles. The highest BCUT2D eigenvalue weighted by Gasteiger charge is 2.27. The molecule has 0 fully saturated rings. The summed E-state index contributed by atoms with van der Waals surface area (Å²) in [5.41, 5.74) is 5.03. The Kier molecular flexibility index (Phi) is 7.12. The molecule has 0 aromatic heterocycles. The molecule has 0 aliphatic carbocycles. The molecule has 5 heteroatoms. The molecule has 0 atom stereocenters. The Morgan fingerprint density at radius 1 is 0.452 bits per heavy atom. The molecule has 0 spiro atoms. The average Bonchev–Trinajstić information content (AvgIpc) is 2.74. The van der Waals surface area contributed by atoms with Crippen molar-refractivity contribution in [2.75, 3.05) is 76.0 Å². The van der Waals surface area contributed by atoms with Crippen molar-refractivity contribution in [2.24, 2.45) is 0 Å². The van der Waals surface area contributed by atoms with Crippen molar-refractivity contribution in [1.82, 2.24) is 0 Å². The molecule has 0 aliphatic heterocycles. The molecular formula is C26H35N4P. The Bertz CT molecular complexity index is 950. The number of nitrogens with zero attached hydrogens (tertiary/aromatic N) is 4. The summed E-state index contributed by atoms with van der Waals surface area (Å²) in [5, 5.41) is 4.10. The van der Waals surface area contributed by atoms with E-state index in [-0.39, 0.29) is 0 Å². The van der Waals surface area contributed by atoms with E-state index >= 15 is 0 Å². The quantitative estimate of drug-likeness (QED) is 0.526. The highest BCUT2D eigenvalue weighted by Crippen LogP contribution is 2.43. The lowest BCUT2D eigenvalue weighted by molar-refractivity contribution is 1.08. The number of anilines is 4. The maximum Gasteiger partial charge on any atom is 0.0683 e. The van der Waals surface area contributed by atoms with Crippen molar-refractivity contribution in [2.45, 2.75) is 0 Å². The van der Waals surface area contributed by atoms with E-state index < -0.39 is 7.92 Å². The lowest BCUT2D eigenvalue weighted by Crippen LogP contribution is -2.31. The fourth-order valence-corrected chi connectivity index (χ4v) is 6.83.